The number of fused-ring (bicyclic) bond motifs is 1. The number of nitrogens with zero attached hydrogens (tertiary/aromatic N) is 4. The molecule has 0 bridgehead atoms. The normalized spacial score (nSPS) is 12.2. The number of hydrogen-bond donors (Lipinski definition) is 1. The monoisotopic (exact) mass is 205 g/mol. The molecule has 0 radical (unpaired) electrons. The molecule has 0 amide bonds. The Morgan fingerprint density at radius 2 is 2.20 bits per heavy atom. The number of imidazole rings is 1. The van der Waals surface area contributed by atoms with Crippen molar-refractivity contribution in [3.8, 4) is 0 Å². The molecule has 0 saturated heterocycles. The molecule has 2 N–H and O–H groups in total. The highest BCUT2D eigenvalue weighted by molar-refractivity contribution is 5.73. The summed E-state index contributed by atoms with van der Waals surface area (Å²) in [6, 6.07) is 0. The number of nitrogens with two attached hydrogens (primary N) is 1. The van der Waals surface area contributed by atoms with E-state index in [1.165, 1.54) is 6.33 Å². The van der Waals surface area contributed by atoms with E-state index in [9.17, 15) is 0 Å². The van der Waals surface area contributed by atoms with Crippen molar-refractivity contribution in [1.29, 1.82) is 0 Å². The first-order valence-corrected chi connectivity index (χ1v) is 5.00. The number of nitrogen functional groups attached to an aromatic ring is 1. The van der Waals surface area contributed by atoms with E-state index in [0.717, 1.165) is 17.6 Å². The van der Waals surface area contributed by atoms with Crippen molar-refractivity contribution in [1.82, 2.24) is 19.5 Å². The second-order valence-corrected chi connectivity index (χ2v) is 4.20. The van der Waals surface area contributed by atoms with E-state index in [1.54, 1.807) is 6.20 Å². The minimum atomic E-state index is -0.0762. The summed E-state index contributed by atoms with van der Waals surface area (Å²) in [5.41, 5.74) is 7.37. The first-order valence-electron chi connectivity index (χ1n) is 5.00. The van der Waals surface area contributed by atoms with Crippen LogP contribution in [0, 0.1) is 0 Å². The fourth-order valence-corrected chi connectivity index (χ4v) is 1.60. The molecule has 0 fully saturated rings. The second kappa shape index (κ2) is 3.18. The van der Waals surface area contributed by atoms with Crippen molar-refractivity contribution in [2.75, 3.05) is 5.73 Å². The van der Waals surface area contributed by atoms with Crippen molar-refractivity contribution in [2.45, 2.75) is 32.7 Å². The Kier molecular flexibility index (Phi) is 2.10. The van der Waals surface area contributed by atoms with Gasteiger partial charge in [0, 0.05) is 5.54 Å². The van der Waals surface area contributed by atoms with Gasteiger partial charge in [0.05, 0.1) is 6.20 Å². The van der Waals surface area contributed by atoms with Gasteiger partial charge in [-0.05, 0) is 20.3 Å². The van der Waals surface area contributed by atoms with Gasteiger partial charge in [-0.1, -0.05) is 6.92 Å². The zero-order valence-corrected chi connectivity index (χ0v) is 9.23. The van der Waals surface area contributed by atoms with Crippen molar-refractivity contribution >= 4 is 17.1 Å². The summed E-state index contributed by atoms with van der Waals surface area (Å²) in [7, 11) is 0. The van der Waals surface area contributed by atoms with Crippen LogP contribution in [0.3, 0.4) is 0 Å². The zero-order chi connectivity index (χ0) is 11.1. The van der Waals surface area contributed by atoms with Crippen molar-refractivity contribution < 1.29 is 0 Å². The highest BCUT2D eigenvalue weighted by Gasteiger charge is 2.23. The SMILES string of the molecule is CCC(C)(C)n1c(N)nc2cncnc21. The van der Waals surface area contributed by atoms with E-state index in [4.69, 9.17) is 5.73 Å². The molecule has 0 aliphatic heterocycles. The summed E-state index contributed by atoms with van der Waals surface area (Å²) in [6.07, 6.45) is 4.17. The molecule has 0 atom stereocenters. The lowest BCUT2D eigenvalue weighted by Gasteiger charge is -2.26. The van der Waals surface area contributed by atoms with Gasteiger partial charge in [-0.2, -0.15) is 0 Å². The largest absolute Gasteiger partial charge is 0.369 e. The van der Waals surface area contributed by atoms with E-state index >= 15 is 0 Å². The highest BCUT2D eigenvalue weighted by atomic mass is 15.2. The third-order valence-electron chi connectivity index (χ3n) is 2.82. The van der Waals surface area contributed by atoms with Gasteiger partial charge < -0.3 is 5.73 Å². The van der Waals surface area contributed by atoms with Crippen LogP contribution in [0.2, 0.25) is 0 Å². The molecule has 5 heteroatoms. The lowest BCUT2D eigenvalue weighted by molar-refractivity contribution is 0.355. The molecular formula is C10H15N5. The summed E-state index contributed by atoms with van der Waals surface area (Å²) in [6.45, 7) is 6.35. The predicted octanol–water partition coefficient (Wildman–Crippen LogP) is 1.55. The first-order chi connectivity index (χ1) is 7.06. The van der Waals surface area contributed by atoms with Crippen LogP contribution in [0.15, 0.2) is 12.5 Å². The van der Waals surface area contributed by atoms with Gasteiger partial charge in [-0.25, -0.2) is 15.0 Å². The lowest BCUT2D eigenvalue weighted by Crippen LogP contribution is -2.26. The molecule has 2 heterocycles. The van der Waals surface area contributed by atoms with Crippen LogP contribution >= 0.6 is 0 Å². The Labute approximate surface area is 88.4 Å². The van der Waals surface area contributed by atoms with Gasteiger partial charge in [-0.15, -0.1) is 0 Å². The molecule has 0 aliphatic carbocycles. The van der Waals surface area contributed by atoms with Crippen LogP contribution in [-0.4, -0.2) is 19.5 Å². The molecule has 80 valence electrons. The van der Waals surface area contributed by atoms with Gasteiger partial charge in [-0.3, -0.25) is 4.57 Å². The van der Waals surface area contributed by atoms with Crippen LogP contribution in [-0.2, 0) is 5.54 Å². The Bertz CT molecular complexity index is 486. The minimum Gasteiger partial charge on any atom is -0.369 e. The van der Waals surface area contributed by atoms with Gasteiger partial charge in [0.2, 0.25) is 5.95 Å². The molecular weight excluding hydrogens is 190 g/mol. The number of aromatic nitrogens is 4. The van der Waals surface area contributed by atoms with E-state index in [0.29, 0.717) is 5.95 Å². The number of hydrogen-bond acceptors (Lipinski definition) is 4. The average Bonchev–Trinajstić information content (AvgIpc) is 2.54. The maximum Gasteiger partial charge on any atom is 0.203 e. The summed E-state index contributed by atoms with van der Waals surface area (Å²) >= 11 is 0. The van der Waals surface area contributed by atoms with Crippen LogP contribution in [0.1, 0.15) is 27.2 Å². The molecule has 2 rings (SSSR count). The molecule has 2 aromatic rings. The van der Waals surface area contributed by atoms with Crippen molar-refractivity contribution in [3.05, 3.63) is 12.5 Å². The topological polar surface area (TPSA) is 69.6 Å². The second-order valence-electron chi connectivity index (χ2n) is 4.20. The predicted molar refractivity (Wildman–Crippen MR) is 59.3 cm³/mol. The van der Waals surface area contributed by atoms with Gasteiger partial charge >= 0.3 is 0 Å². The van der Waals surface area contributed by atoms with Gasteiger partial charge in [0.15, 0.2) is 5.65 Å². The van der Waals surface area contributed by atoms with Crippen LogP contribution in [0.4, 0.5) is 5.95 Å². The molecule has 0 unspecified atom stereocenters. The molecule has 15 heavy (non-hydrogen) atoms. The molecule has 0 spiro atoms. The third-order valence-corrected chi connectivity index (χ3v) is 2.82. The molecule has 0 aromatic carbocycles. The quantitative estimate of drug-likeness (QED) is 0.807. The Morgan fingerprint density at radius 3 is 2.87 bits per heavy atom. The van der Waals surface area contributed by atoms with E-state index in [2.05, 4.69) is 35.7 Å². The van der Waals surface area contributed by atoms with Crippen LogP contribution in [0.5, 0.6) is 0 Å². The Morgan fingerprint density at radius 1 is 1.47 bits per heavy atom. The number of rotatable bonds is 2. The third kappa shape index (κ3) is 1.44. The molecule has 0 saturated carbocycles. The minimum absolute atomic E-state index is 0.0762. The standard InChI is InChI=1S/C10H15N5/c1-4-10(2,3)15-8-7(14-9(15)11)5-12-6-13-8/h5-6H,4H2,1-3H3,(H2,11,14). The van der Waals surface area contributed by atoms with Crippen LogP contribution < -0.4 is 5.73 Å². The molecule has 5 nitrogen and oxygen atoms in total. The highest BCUT2D eigenvalue weighted by Crippen LogP contribution is 2.27. The molecule has 0 aliphatic rings. The fourth-order valence-electron chi connectivity index (χ4n) is 1.60. The number of anilines is 1. The van der Waals surface area contributed by atoms with Gasteiger partial charge in [0.25, 0.3) is 0 Å². The van der Waals surface area contributed by atoms with E-state index in [-0.39, 0.29) is 5.54 Å². The van der Waals surface area contributed by atoms with Crippen LogP contribution in [0.25, 0.3) is 11.2 Å². The fraction of sp³-hybridized carbons (Fsp3) is 0.500. The Balaban J connectivity index is 2.74. The zero-order valence-electron chi connectivity index (χ0n) is 9.23. The van der Waals surface area contributed by atoms with Crippen molar-refractivity contribution in [2.24, 2.45) is 0 Å². The smallest absolute Gasteiger partial charge is 0.203 e. The summed E-state index contributed by atoms with van der Waals surface area (Å²) in [5.74, 6) is 0.498. The average molecular weight is 205 g/mol. The maximum atomic E-state index is 5.90. The van der Waals surface area contributed by atoms with E-state index in [1.807, 2.05) is 4.57 Å². The Hall–Kier alpha value is -1.65. The summed E-state index contributed by atoms with van der Waals surface area (Å²) < 4.78 is 1.96. The van der Waals surface area contributed by atoms with Crippen molar-refractivity contribution in [3.63, 3.8) is 0 Å². The first kappa shape index (κ1) is 9.89. The van der Waals surface area contributed by atoms with Gasteiger partial charge in [0.1, 0.15) is 11.8 Å². The summed E-state index contributed by atoms with van der Waals surface area (Å²) in [5, 5.41) is 0. The lowest BCUT2D eigenvalue weighted by atomic mass is 10.0. The summed E-state index contributed by atoms with van der Waals surface area (Å²) in [4.78, 5) is 12.4. The van der Waals surface area contributed by atoms with E-state index < -0.39 is 0 Å². The maximum absolute atomic E-state index is 5.90. The molecule has 2 aromatic heterocycles.